The van der Waals surface area contributed by atoms with Gasteiger partial charge in [-0.25, -0.2) is 4.98 Å². The molecule has 0 fully saturated rings. The van der Waals surface area contributed by atoms with E-state index in [1.54, 1.807) is 10.7 Å². The van der Waals surface area contributed by atoms with Crippen LogP contribution in [0.2, 0.25) is 0 Å². The summed E-state index contributed by atoms with van der Waals surface area (Å²) in [4.78, 5) is 27.7. The maximum absolute atomic E-state index is 12.7. The summed E-state index contributed by atoms with van der Waals surface area (Å²) in [5.41, 5.74) is 3.98. The lowest BCUT2D eigenvalue weighted by Crippen LogP contribution is -2.15. The van der Waals surface area contributed by atoms with Crippen LogP contribution in [-0.4, -0.2) is 25.6 Å². The molecule has 0 radical (unpaired) electrons. The first-order valence-electron chi connectivity index (χ1n) is 8.82. The molecule has 0 atom stereocenters. The predicted octanol–water partition coefficient (Wildman–Crippen LogP) is 4.57. The van der Waals surface area contributed by atoms with E-state index in [2.05, 4.69) is 28.4 Å². The third-order valence-corrected chi connectivity index (χ3v) is 5.56. The van der Waals surface area contributed by atoms with Gasteiger partial charge in [0.1, 0.15) is 5.82 Å². The lowest BCUT2D eigenvalue weighted by molar-refractivity contribution is -0.384. The van der Waals surface area contributed by atoms with Crippen molar-refractivity contribution in [1.82, 2.24) is 14.8 Å². The van der Waals surface area contributed by atoms with E-state index in [0.717, 1.165) is 15.8 Å². The fourth-order valence-electron chi connectivity index (χ4n) is 2.94. The zero-order valence-corrected chi connectivity index (χ0v) is 16.8. The number of fused-ring (bicyclic) bond motifs is 1. The molecule has 2 heterocycles. The molecule has 2 aromatic carbocycles. The summed E-state index contributed by atoms with van der Waals surface area (Å²) < 4.78 is 2.62. The van der Waals surface area contributed by atoms with Gasteiger partial charge in [-0.05, 0) is 50.1 Å². The van der Waals surface area contributed by atoms with Gasteiger partial charge < -0.3 is 5.32 Å². The maximum Gasteiger partial charge on any atom is 0.270 e. The second kappa shape index (κ2) is 7.10. The van der Waals surface area contributed by atoms with Crippen molar-refractivity contribution in [3.05, 3.63) is 75.0 Å². The number of carbonyl (C=O) groups is 1. The number of amides is 1. The van der Waals surface area contributed by atoms with Gasteiger partial charge >= 0.3 is 0 Å². The zero-order chi connectivity index (χ0) is 20.7. The normalized spacial score (nSPS) is 11.0. The second-order valence-electron chi connectivity index (χ2n) is 6.74. The van der Waals surface area contributed by atoms with E-state index in [1.807, 2.05) is 19.9 Å². The molecular weight excluding hydrogens is 390 g/mol. The van der Waals surface area contributed by atoms with Gasteiger partial charge in [0.15, 0.2) is 0 Å². The Morgan fingerprint density at radius 1 is 1.14 bits per heavy atom. The van der Waals surface area contributed by atoms with Crippen molar-refractivity contribution in [2.45, 2.75) is 20.8 Å². The van der Waals surface area contributed by atoms with Crippen LogP contribution >= 0.6 is 11.3 Å². The SMILES string of the molecule is Cc1cc(NC(=O)c2cccc([N+](=O)[O-])c2)n(-c2nc3cc(C)c(C)cc3s2)n1. The minimum atomic E-state index is -0.531. The lowest BCUT2D eigenvalue weighted by atomic mass is 10.1. The van der Waals surface area contributed by atoms with E-state index >= 15 is 0 Å². The van der Waals surface area contributed by atoms with Crippen LogP contribution in [0.15, 0.2) is 42.5 Å². The number of hydrogen-bond acceptors (Lipinski definition) is 6. The van der Waals surface area contributed by atoms with Crippen LogP contribution in [0.5, 0.6) is 0 Å². The summed E-state index contributed by atoms with van der Waals surface area (Å²) >= 11 is 1.48. The quantitative estimate of drug-likeness (QED) is 0.394. The van der Waals surface area contributed by atoms with E-state index in [0.29, 0.717) is 16.6 Å². The van der Waals surface area contributed by atoms with Crippen molar-refractivity contribution in [2.24, 2.45) is 0 Å². The molecule has 1 amide bonds. The molecule has 0 aliphatic rings. The van der Waals surface area contributed by atoms with Crippen molar-refractivity contribution in [3.63, 3.8) is 0 Å². The summed E-state index contributed by atoms with van der Waals surface area (Å²) in [7, 11) is 0. The molecule has 0 saturated heterocycles. The van der Waals surface area contributed by atoms with Crippen molar-refractivity contribution in [3.8, 4) is 5.13 Å². The standard InChI is InChI=1S/C20H17N5O3S/c1-11-7-16-17(8-12(11)2)29-20(21-16)24-18(9-13(3)23-24)22-19(26)14-5-4-6-15(10-14)25(27)28/h4-10H,1-3H3,(H,22,26). The number of nitrogens with one attached hydrogen (secondary N) is 1. The number of benzene rings is 2. The van der Waals surface area contributed by atoms with E-state index in [4.69, 9.17) is 0 Å². The number of nitro groups is 1. The Morgan fingerprint density at radius 2 is 1.90 bits per heavy atom. The first kappa shape index (κ1) is 18.8. The Labute approximate surface area is 170 Å². The molecule has 4 aromatic rings. The van der Waals surface area contributed by atoms with E-state index in [-0.39, 0.29) is 11.3 Å². The van der Waals surface area contributed by atoms with Crippen molar-refractivity contribution >= 4 is 39.0 Å². The average Bonchev–Trinajstić information content (AvgIpc) is 3.24. The first-order valence-corrected chi connectivity index (χ1v) is 9.64. The predicted molar refractivity (Wildman–Crippen MR) is 112 cm³/mol. The van der Waals surface area contributed by atoms with Crippen LogP contribution in [0.4, 0.5) is 11.5 Å². The largest absolute Gasteiger partial charge is 0.306 e. The molecule has 1 N–H and O–H groups in total. The van der Waals surface area contributed by atoms with Gasteiger partial charge in [-0.3, -0.25) is 14.9 Å². The highest BCUT2D eigenvalue weighted by Gasteiger charge is 2.17. The van der Waals surface area contributed by atoms with Gasteiger partial charge in [-0.1, -0.05) is 17.4 Å². The Hall–Kier alpha value is -3.59. The first-order chi connectivity index (χ1) is 13.8. The fourth-order valence-corrected chi connectivity index (χ4v) is 3.95. The van der Waals surface area contributed by atoms with Crippen molar-refractivity contribution in [2.75, 3.05) is 5.32 Å². The molecule has 4 rings (SSSR count). The summed E-state index contributed by atoms with van der Waals surface area (Å²) in [5.74, 6) is -0.00541. The summed E-state index contributed by atoms with van der Waals surface area (Å²) in [6.45, 7) is 5.91. The molecule has 8 nitrogen and oxygen atoms in total. The minimum Gasteiger partial charge on any atom is -0.306 e. The molecule has 0 bridgehead atoms. The molecule has 0 saturated carbocycles. The summed E-state index contributed by atoms with van der Waals surface area (Å²) in [6, 6.07) is 11.4. The fraction of sp³-hybridized carbons (Fsp3) is 0.150. The molecule has 0 unspecified atom stereocenters. The summed E-state index contributed by atoms with van der Waals surface area (Å²) in [5, 5.41) is 18.8. The number of carbonyl (C=O) groups excluding carboxylic acids is 1. The van der Waals surface area contributed by atoms with Crippen LogP contribution in [-0.2, 0) is 0 Å². The van der Waals surface area contributed by atoms with E-state index < -0.39 is 10.8 Å². The minimum absolute atomic E-state index is 0.140. The average molecular weight is 407 g/mol. The molecule has 9 heteroatoms. The van der Waals surface area contributed by atoms with Crippen LogP contribution in [0, 0.1) is 30.9 Å². The third kappa shape index (κ3) is 3.59. The monoisotopic (exact) mass is 407 g/mol. The Balaban J connectivity index is 1.69. The smallest absolute Gasteiger partial charge is 0.270 e. The number of non-ortho nitro benzene ring substituents is 1. The number of nitrogens with zero attached hydrogens (tertiary/aromatic N) is 4. The highest BCUT2D eigenvalue weighted by Crippen LogP contribution is 2.29. The Kier molecular flexibility index (Phi) is 4.59. The number of hydrogen-bond donors (Lipinski definition) is 1. The summed E-state index contributed by atoms with van der Waals surface area (Å²) in [6.07, 6.45) is 0. The van der Waals surface area contributed by atoms with Gasteiger partial charge in [0.05, 0.1) is 20.8 Å². The van der Waals surface area contributed by atoms with E-state index in [9.17, 15) is 14.9 Å². The second-order valence-corrected chi connectivity index (χ2v) is 7.75. The van der Waals surface area contributed by atoms with E-state index in [1.165, 1.54) is 41.2 Å². The highest BCUT2D eigenvalue weighted by molar-refractivity contribution is 7.20. The van der Waals surface area contributed by atoms with Crippen LogP contribution in [0.3, 0.4) is 0 Å². The molecule has 0 aliphatic heterocycles. The van der Waals surface area contributed by atoms with Gasteiger partial charge in [0.2, 0.25) is 5.13 Å². The number of aryl methyl sites for hydroxylation is 3. The van der Waals surface area contributed by atoms with Crippen LogP contribution < -0.4 is 5.32 Å². The third-order valence-electron chi connectivity index (χ3n) is 4.57. The van der Waals surface area contributed by atoms with Crippen LogP contribution in [0.25, 0.3) is 15.3 Å². The molecule has 29 heavy (non-hydrogen) atoms. The van der Waals surface area contributed by atoms with Gasteiger partial charge in [0, 0.05) is 23.8 Å². The molecule has 0 aliphatic carbocycles. The molecule has 146 valence electrons. The van der Waals surface area contributed by atoms with Crippen molar-refractivity contribution < 1.29 is 9.72 Å². The van der Waals surface area contributed by atoms with Gasteiger partial charge in [0.25, 0.3) is 11.6 Å². The number of nitro benzene ring substituents is 1. The van der Waals surface area contributed by atoms with Crippen LogP contribution in [0.1, 0.15) is 27.2 Å². The Morgan fingerprint density at radius 3 is 2.66 bits per heavy atom. The van der Waals surface area contributed by atoms with Gasteiger partial charge in [-0.2, -0.15) is 9.78 Å². The Bertz CT molecular complexity index is 1240. The topological polar surface area (TPSA) is 103 Å². The maximum atomic E-state index is 12.7. The zero-order valence-electron chi connectivity index (χ0n) is 16.0. The number of thiazole rings is 1. The number of aromatic nitrogens is 3. The number of anilines is 1. The lowest BCUT2D eigenvalue weighted by Gasteiger charge is -2.06. The van der Waals surface area contributed by atoms with Gasteiger partial charge in [-0.15, -0.1) is 0 Å². The highest BCUT2D eigenvalue weighted by atomic mass is 32.1. The molecule has 2 aromatic heterocycles. The molecular formula is C20H17N5O3S. The van der Waals surface area contributed by atoms with Crippen molar-refractivity contribution in [1.29, 1.82) is 0 Å². The number of rotatable bonds is 4. The molecule has 0 spiro atoms.